The molecule has 0 radical (unpaired) electrons. The molecule has 0 saturated carbocycles. The van der Waals surface area contributed by atoms with E-state index in [1.807, 2.05) is 26.8 Å². The zero-order valence-electron chi connectivity index (χ0n) is 14.4. The normalized spacial score (nSPS) is 12.9. The Balaban J connectivity index is 2.04. The Labute approximate surface area is 136 Å². The van der Waals surface area contributed by atoms with Crippen LogP contribution in [-0.2, 0) is 16.0 Å². The van der Waals surface area contributed by atoms with Gasteiger partial charge in [0.1, 0.15) is 0 Å². The van der Waals surface area contributed by atoms with E-state index in [0.717, 1.165) is 5.56 Å². The molecule has 1 aliphatic rings. The van der Waals surface area contributed by atoms with Crippen molar-refractivity contribution in [1.82, 2.24) is 0 Å². The number of carbonyl (C=O) groups is 1. The van der Waals surface area contributed by atoms with Gasteiger partial charge in [-0.05, 0) is 39.7 Å². The summed E-state index contributed by atoms with van der Waals surface area (Å²) in [5.74, 6) is 2.16. The van der Waals surface area contributed by atoms with E-state index in [0.29, 0.717) is 42.4 Å². The maximum atomic E-state index is 11.7. The number of methoxy groups -OCH3 is 2. The molecule has 1 heterocycles. The van der Waals surface area contributed by atoms with Gasteiger partial charge in [-0.15, -0.1) is 0 Å². The molecule has 0 atom stereocenters. The second kappa shape index (κ2) is 6.98. The van der Waals surface area contributed by atoms with Gasteiger partial charge >= 0.3 is 5.97 Å². The molecule has 0 aliphatic carbocycles. The Hall–Kier alpha value is -2.11. The van der Waals surface area contributed by atoms with Crippen molar-refractivity contribution in [2.24, 2.45) is 5.41 Å². The van der Waals surface area contributed by atoms with Crippen molar-refractivity contribution in [2.45, 2.75) is 33.6 Å². The van der Waals surface area contributed by atoms with Crippen LogP contribution in [0.15, 0.2) is 6.07 Å². The van der Waals surface area contributed by atoms with Crippen LogP contribution >= 0.6 is 0 Å². The van der Waals surface area contributed by atoms with Crippen LogP contribution in [0.2, 0.25) is 0 Å². The molecular formula is C17H24O6. The molecule has 2 rings (SSSR count). The van der Waals surface area contributed by atoms with Gasteiger partial charge in [-0.3, -0.25) is 4.79 Å². The number of aryl methyl sites for hydroxylation is 1. The Morgan fingerprint density at radius 2 is 1.87 bits per heavy atom. The standard InChI is InChI=1S/C17H24O6/c1-17(2,3)16(18)21-8-6-7-11-9-12-14(23-10-22-12)15(20-5)13(11)19-4/h9H,6-8,10H2,1-5H3. The van der Waals surface area contributed by atoms with Crippen LogP contribution in [0.3, 0.4) is 0 Å². The highest BCUT2D eigenvalue weighted by Gasteiger charge is 2.26. The first-order chi connectivity index (χ1) is 10.9. The van der Waals surface area contributed by atoms with Crippen LogP contribution in [0.25, 0.3) is 0 Å². The van der Waals surface area contributed by atoms with Gasteiger partial charge in [-0.1, -0.05) is 0 Å². The first-order valence-electron chi connectivity index (χ1n) is 7.59. The summed E-state index contributed by atoms with van der Waals surface area (Å²) < 4.78 is 27.0. The minimum Gasteiger partial charge on any atom is -0.492 e. The average Bonchev–Trinajstić information content (AvgIpc) is 2.96. The van der Waals surface area contributed by atoms with Crippen LogP contribution in [0.1, 0.15) is 32.8 Å². The second-order valence-corrected chi connectivity index (χ2v) is 6.33. The monoisotopic (exact) mass is 324 g/mol. The van der Waals surface area contributed by atoms with Gasteiger partial charge in [0.05, 0.1) is 26.2 Å². The van der Waals surface area contributed by atoms with Gasteiger partial charge in [-0.25, -0.2) is 0 Å². The van der Waals surface area contributed by atoms with Crippen LogP contribution in [0.5, 0.6) is 23.0 Å². The molecule has 0 saturated heterocycles. The molecule has 128 valence electrons. The van der Waals surface area contributed by atoms with Gasteiger partial charge in [0.25, 0.3) is 0 Å². The maximum Gasteiger partial charge on any atom is 0.311 e. The third kappa shape index (κ3) is 3.81. The molecule has 1 aromatic rings. The topological polar surface area (TPSA) is 63.2 Å². The summed E-state index contributed by atoms with van der Waals surface area (Å²) in [6.45, 7) is 6.03. The highest BCUT2D eigenvalue weighted by molar-refractivity contribution is 5.75. The average molecular weight is 324 g/mol. The lowest BCUT2D eigenvalue weighted by Crippen LogP contribution is -2.23. The molecule has 23 heavy (non-hydrogen) atoms. The van der Waals surface area contributed by atoms with Crippen molar-refractivity contribution in [3.05, 3.63) is 11.6 Å². The largest absolute Gasteiger partial charge is 0.492 e. The van der Waals surface area contributed by atoms with Crippen LogP contribution in [0.4, 0.5) is 0 Å². The summed E-state index contributed by atoms with van der Waals surface area (Å²) in [6, 6.07) is 1.88. The number of benzene rings is 1. The molecule has 0 amide bonds. The molecular weight excluding hydrogens is 300 g/mol. The third-order valence-electron chi connectivity index (χ3n) is 3.50. The number of carbonyl (C=O) groups excluding carboxylic acids is 1. The molecule has 0 fully saturated rings. The van der Waals surface area contributed by atoms with Gasteiger partial charge in [0, 0.05) is 5.56 Å². The summed E-state index contributed by atoms with van der Waals surface area (Å²) in [4.78, 5) is 11.7. The number of hydrogen-bond acceptors (Lipinski definition) is 6. The minimum atomic E-state index is -0.486. The molecule has 0 spiro atoms. The number of esters is 1. The van der Waals surface area contributed by atoms with E-state index in [1.165, 1.54) is 0 Å². The summed E-state index contributed by atoms with van der Waals surface area (Å²) in [5.41, 5.74) is 0.444. The highest BCUT2D eigenvalue weighted by atomic mass is 16.7. The molecule has 0 aromatic heterocycles. The quantitative estimate of drug-likeness (QED) is 0.592. The van der Waals surface area contributed by atoms with Crippen LogP contribution in [0, 0.1) is 5.41 Å². The van der Waals surface area contributed by atoms with Crippen molar-refractivity contribution in [3.8, 4) is 23.0 Å². The number of fused-ring (bicyclic) bond motifs is 1. The van der Waals surface area contributed by atoms with Gasteiger partial charge in [0.2, 0.25) is 18.3 Å². The highest BCUT2D eigenvalue weighted by Crippen LogP contribution is 2.49. The van der Waals surface area contributed by atoms with E-state index < -0.39 is 5.41 Å². The fourth-order valence-electron chi connectivity index (χ4n) is 2.28. The zero-order valence-corrected chi connectivity index (χ0v) is 14.4. The Morgan fingerprint density at radius 1 is 1.17 bits per heavy atom. The summed E-state index contributed by atoms with van der Waals surface area (Å²) in [6.07, 6.45) is 1.36. The van der Waals surface area contributed by atoms with E-state index in [1.54, 1.807) is 14.2 Å². The zero-order chi connectivity index (χ0) is 17.0. The van der Waals surface area contributed by atoms with Crippen molar-refractivity contribution in [1.29, 1.82) is 0 Å². The predicted octanol–water partition coefficient (Wildman–Crippen LogP) is 2.95. The van der Waals surface area contributed by atoms with E-state index >= 15 is 0 Å². The van der Waals surface area contributed by atoms with Crippen molar-refractivity contribution >= 4 is 5.97 Å². The van der Waals surface area contributed by atoms with Crippen LogP contribution in [-0.4, -0.2) is 33.6 Å². The van der Waals surface area contributed by atoms with Gasteiger partial charge in [-0.2, -0.15) is 0 Å². The van der Waals surface area contributed by atoms with Crippen molar-refractivity contribution in [2.75, 3.05) is 27.6 Å². The van der Waals surface area contributed by atoms with Crippen molar-refractivity contribution < 1.29 is 28.5 Å². The van der Waals surface area contributed by atoms with Crippen LogP contribution < -0.4 is 18.9 Å². The molecule has 0 bridgehead atoms. The Kier molecular flexibility index (Phi) is 5.23. The first-order valence-corrected chi connectivity index (χ1v) is 7.59. The lowest BCUT2D eigenvalue weighted by Gasteiger charge is -2.17. The van der Waals surface area contributed by atoms with E-state index in [2.05, 4.69) is 0 Å². The van der Waals surface area contributed by atoms with Crippen molar-refractivity contribution in [3.63, 3.8) is 0 Å². The predicted molar refractivity (Wildman–Crippen MR) is 84.4 cm³/mol. The molecule has 0 N–H and O–H groups in total. The van der Waals surface area contributed by atoms with E-state index in [4.69, 9.17) is 23.7 Å². The first kappa shape index (κ1) is 17.2. The number of rotatable bonds is 6. The number of hydrogen-bond donors (Lipinski definition) is 0. The van der Waals surface area contributed by atoms with Gasteiger partial charge < -0.3 is 23.7 Å². The molecule has 1 aromatic carbocycles. The molecule has 0 unspecified atom stereocenters. The Bertz CT molecular complexity index is 573. The fraction of sp³-hybridized carbons (Fsp3) is 0.588. The summed E-state index contributed by atoms with van der Waals surface area (Å²) in [7, 11) is 3.15. The smallest absolute Gasteiger partial charge is 0.311 e. The van der Waals surface area contributed by atoms with E-state index in [-0.39, 0.29) is 12.8 Å². The lowest BCUT2D eigenvalue weighted by atomic mass is 9.97. The maximum absolute atomic E-state index is 11.7. The Morgan fingerprint density at radius 3 is 2.48 bits per heavy atom. The second-order valence-electron chi connectivity index (χ2n) is 6.33. The third-order valence-corrected chi connectivity index (χ3v) is 3.50. The molecule has 1 aliphatic heterocycles. The summed E-state index contributed by atoms with van der Waals surface area (Å²) in [5, 5.41) is 0. The van der Waals surface area contributed by atoms with Gasteiger partial charge in [0.15, 0.2) is 11.5 Å². The minimum absolute atomic E-state index is 0.168. The SMILES string of the molecule is COc1c(CCCOC(=O)C(C)(C)C)cc2c(c1OC)OCO2. The number of ether oxygens (including phenoxy) is 5. The lowest BCUT2D eigenvalue weighted by molar-refractivity contribution is -0.153. The fourth-order valence-corrected chi connectivity index (χ4v) is 2.28. The molecule has 6 nitrogen and oxygen atoms in total. The van der Waals surface area contributed by atoms with E-state index in [9.17, 15) is 4.79 Å². The summed E-state index contributed by atoms with van der Waals surface area (Å²) >= 11 is 0. The molecule has 6 heteroatoms.